The van der Waals surface area contributed by atoms with Gasteiger partial charge in [0.1, 0.15) is 0 Å². The minimum absolute atomic E-state index is 0.0272. The number of halogens is 1. The maximum Gasteiger partial charge on any atom is 0.255 e. The van der Waals surface area contributed by atoms with Crippen molar-refractivity contribution in [3.63, 3.8) is 0 Å². The van der Waals surface area contributed by atoms with Crippen LogP contribution >= 0.6 is 15.9 Å². The van der Waals surface area contributed by atoms with Crippen molar-refractivity contribution in [2.24, 2.45) is 0 Å². The molecule has 2 rings (SSSR count). The van der Waals surface area contributed by atoms with E-state index in [1.165, 1.54) is 0 Å². The fourth-order valence-electron chi connectivity index (χ4n) is 1.94. The van der Waals surface area contributed by atoms with Gasteiger partial charge in [-0.05, 0) is 40.5 Å². The summed E-state index contributed by atoms with van der Waals surface area (Å²) in [5.41, 5.74) is 2.92. The third-order valence-corrected chi connectivity index (χ3v) is 3.65. The van der Waals surface area contributed by atoms with Crippen LogP contribution in [0.25, 0.3) is 0 Å². The standard InChI is InChI=1S/C16H16BrNO/c1-12-8-9-15(17)14(10-12)16(19)18(2)11-13-6-4-3-5-7-13/h3-10H,11H2,1-2H3. The lowest BCUT2D eigenvalue weighted by atomic mass is 10.1. The minimum atomic E-state index is 0.0272. The van der Waals surface area contributed by atoms with Gasteiger partial charge in [-0.1, -0.05) is 42.0 Å². The van der Waals surface area contributed by atoms with Crippen molar-refractivity contribution in [2.45, 2.75) is 13.5 Å². The van der Waals surface area contributed by atoms with Gasteiger partial charge in [-0.25, -0.2) is 0 Å². The van der Waals surface area contributed by atoms with Crippen molar-refractivity contribution in [1.29, 1.82) is 0 Å². The Balaban J connectivity index is 2.17. The molecule has 0 radical (unpaired) electrons. The third kappa shape index (κ3) is 3.44. The Morgan fingerprint density at radius 3 is 2.53 bits per heavy atom. The highest BCUT2D eigenvalue weighted by Crippen LogP contribution is 2.20. The van der Waals surface area contributed by atoms with E-state index in [0.29, 0.717) is 12.1 Å². The van der Waals surface area contributed by atoms with E-state index < -0.39 is 0 Å². The smallest absolute Gasteiger partial charge is 0.255 e. The Hall–Kier alpha value is -1.61. The fourth-order valence-corrected chi connectivity index (χ4v) is 2.35. The first-order valence-electron chi connectivity index (χ1n) is 6.13. The average Bonchev–Trinajstić information content (AvgIpc) is 2.42. The largest absolute Gasteiger partial charge is 0.337 e. The molecule has 0 spiro atoms. The molecule has 2 aromatic carbocycles. The predicted molar refractivity (Wildman–Crippen MR) is 81.1 cm³/mol. The van der Waals surface area contributed by atoms with Crippen LogP contribution in [0.2, 0.25) is 0 Å². The molecule has 0 N–H and O–H groups in total. The Kier molecular flexibility index (Phi) is 4.38. The van der Waals surface area contributed by atoms with Gasteiger partial charge in [-0.15, -0.1) is 0 Å². The van der Waals surface area contributed by atoms with Crippen LogP contribution in [0.5, 0.6) is 0 Å². The quantitative estimate of drug-likeness (QED) is 0.837. The summed E-state index contributed by atoms with van der Waals surface area (Å²) < 4.78 is 0.836. The van der Waals surface area contributed by atoms with Crippen molar-refractivity contribution in [1.82, 2.24) is 4.90 Å². The molecule has 3 heteroatoms. The monoisotopic (exact) mass is 317 g/mol. The zero-order valence-corrected chi connectivity index (χ0v) is 12.6. The molecule has 0 aliphatic carbocycles. The highest BCUT2D eigenvalue weighted by atomic mass is 79.9. The van der Waals surface area contributed by atoms with Crippen molar-refractivity contribution in [3.8, 4) is 0 Å². The van der Waals surface area contributed by atoms with Gasteiger partial charge >= 0.3 is 0 Å². The number of aryl methyl sites for hydroxylation is 1. The summed E-state index contributed by atoms with van der Waals surface area (Å²) in [5, 5.41) is 0. The van der Waals surface area contributed by atoms with E-state index in [1.54, 1.807) is 4.90 Å². The van der Waals surface area contributed by atoms with Crippen LogP contribution in [-0.4, -0.2) is 17.9 Å². The summed E-state index contributed by atoms with van der Waals surface area (Å²) in [6.07, 6.45) is 0. The molecule has 19 heavy (non-hydrogen) atoms. The number of rotatable bonds is 3. The van der Waals surface area contributed by atoms with Crippen molar-refractivity contribution in [3.05, 3.63) is 69.7 Å². The molecule has 98 valence electrons. The molecule has 2 aromatic rings. The first-order valence-corrected chi connectivity index (χ1v) is 6.93. The van der Waals surface area contributed by atoms with Gasteiger partial charge in [0.15, 0.2) is 0 Å². The van der Waals surface area contributed by atoms with Crippen LogP contribution < -0.4 is 0 Å². The van der Waals surface area contributed by atoms with E-state index in [-0.39, 0.29) is 5.91 Å². The Bertz CT molecular complexity index is 581. The molecule has 0 bridgehead atoms. The van der Waals surface area contributed by atoms with E-state index in [0.717, 1.165) is 15.6 Å². The first kappa shape index (κ1) is 13.8. The molecule has 0 unspecified atom stereocenters. The number of nitrogens with zero attached hydrogens (tertiary/aromatic N) is 1. The van der Waals surface area contributed by atoms with E-state index in [4.69, 9.17) is 0 Å². The molecule has 0 saturated carbocycles. The predicted octanol–water partition coefficient (Wildman–Crippen LogP) is 4.03. The topological polar surface area (TPSA) is 20.3 Å². The van der Waals surface area contributed by atoms with Gasteiger partial charge < -0.3 is 4.90 Å². The van der Waals surface area contributed by atoms with E-state index >= 15 is 0 Å². The number of carbonyl (C=O) groups is 1. The highest BCUT2D eigenvalue weighted by Gasteiger charge is 2.15. The Morgan fingerprint density at radius 2 is 1.84 bits per heavy atom. The molecule has 0 aromatic heterocycles. The zero-order valence-electron chi connectivity index (χ0n) is 11.1. The van der Waals surface area contributed by atoms with Crippen LogP contribution in [0.15, 0.2) is 53.0 Å². The lowest BCUT2D eigenvalue weighted by molar-refractivity contribution is 0.0784. The number of amides is 1. The van der Waals surface area contributed by atoms with Crippen molar-refractivity contribution in [2.75, 3.05) is 7.05 Å². The van der Waals surface area contributed by atoms with E-state index in [2.05, 4.69) is 15.9 Å². The average molecular weight is 318 g/mol. The molecule has 1 amide bonds. The summed E-state index contributed by atoms with van der Waals surface area (Å²) in [6.45, 7) is 2.60. The van der Waals surface area contributed by atoms with Crippen LogP contribution in [0, 0.1) is 6.92 Å². The van der Waals surface area contributed by atoms with Crippen molar-refractivity contribution < 1.29 is 4.79 Å². The molecular weight excluding hydrogens is 302 g/mol. The van der Waals surface area contributed by atoms with Crippen LogP contribution in [0.3, 0.4) is 0 Å². The zero-order chi connectivity index (χ0) is 13.8. The van der Waals surface area contributed by atoms with E-state index in [1.807, 2.05) is 62.5 Å². The second kappa shape index (κ2) is 6.02. The Labute approximate surface area is 122 Å². The SMILES string of the molecule is Cc1ccc(Br)c(C(=O)N(C)Cc2ccccc2)c1. The molecule has 0 saturated heterocycles. The van der Waals surface area contributed by atoms with E-state index in [9.17, 15) is 4.79 Å². The van der Waals surface area contributed by atoms with Gasteiger partial charge in [0, 0.05) is 18.1 Å². The van der Waals surface area contributed by atoms with Crippen LogP contribution in [-0.2, 0) is 6.54 Å². The third-order valence-electron chi connectivity index (χ3n) is 2.96. The Morgan fingerprint density at radius 1 is 1.16 bits per heavy atom. The number of hydrogen-bond acceptors (Lipinski definition) is 1. The van der Waals surface area contributed by atoms with Crippen LogP contribution in [0.4, 0.5) is 0 Å². The second-order valence-electron chi connectivity index (χ2n) is 4.63. The first-order chi connectivity index (χ1) is 9.08. The number of hydrogen-bond donors (Lipinski definition) is 0. The lowest BCUT2D eigenvalue weighted by Crippen LogP contribution is -2.26. The summed E-state index contributed by atoms with van der Waals surface area (Å²) in [4.78, 5) is 14.1. The van der Waals surface area contributed by atoms with Gasteiger partial charge in [0.2, 0.25) is 0 Å². The minimum Gasteiger partial charge on any atom is -0.337 e. The van der Waals surface area contributed by atoms with Crippen LogP contribution in [0.1, 0.15) is 21.5 Å². The summed E-state index contributed by atoms with van der Waals surface area (Å²) in [7, 11) is 1.82. The molecular formula is C16H16BrNO. The molecule has 0 aliphatic heterocycles. The summed E-state index contributed by atoms with van der Waals surface area (Å²) in [6, 6.07) is 15.8. The van der Waals surface area contributed by atoms with Crippen molar-refractivity contribution >= 4 is 21.8 Å². The fraction of sp³-hybridized carbons (Fsp3) is 0.188. The maximum atomic E-state index is 12.4. The molecule has 0 aliphatic rings. The second-order valence-corrected chi connectivity index (χ2v) is 5.48. The lowest BCUT2D eigenvalue weighted by Gasteiger charge is -2.18. The molecule has 0 heterocycles. The summed E-state index contributed by atoms with van der Waals surface area (Å²) >= 11 is 3.44. The van der Waals surface area contributed by atoms with Gasteiger partial charge in [0.25, 0.3) is 5.91 Å². The van der Waals surface area contributed by atoms with Gasteiger partial charge in [-0.3, -0.25) is 4.79 Å². The normalized spacial score (nSPS) is 10.3. The van der Waals surface area contributed by atoms with Gasteiger partial charge in [-0.2, -0.15) is 0 Å². The summed E-state index contributed by atoms with van der Waals surface area (Å²) in [5.74, 6) is 0.0272. The van der Waals surface area contributed by atoms with Gasteiger partial charge in [0.05, 0.1) is 5.56 Å². The maximum absolute atomic E-state index is 12.4. The number of benzene rings is 2. The molecule has 0 fully saturated rings. The molecule has 0 atom stereocenters. The number of carbonyl (C=O) groups excluding carboxylic acids is 1. The highest BCUT2D eigenvalue weighted by molar-refractivity contribution is 9.10. The molecule has 2 nitrogen and oxygen atoms in total.